The Labute approximate surface area is 133 Å². The van der Waals surface area contributed by atoms with Gasteiger partial charge in [-0.2, -0.15) is 0 Å². The van der Waals surface area contributed by atoms with Crippen molar-refractivity contribution in [1.29, 1.82) is 0 Å². The van der Waals surface area contributed by atoms with E-state index in [0.717, 1.165) is 11.1 Å². The van der Waals surface area contributed by atoms with E-state index in [-0.39, 0.29) is 6.04 Å². The van der Waals surface area contributed by atoms with Crippen molar-refractivity contribution in [3.63, 3.8) is 0 Å². The molecule has 1 aromatic heterocycles. The van der Waals surface area contributed by atoms with Gasteiger partial charge in [-0.25, -0.2) is 4.68 Å². The second kappa shape index (κ2) is 7.39. The van der Waals surface area contributed by atoms with Crippen molar-refractivity contribution in [2.45, 2.75) is 26.8 Å². The van der Waals surface area contributed by atoms with Crippen LogP contribution >= 0.6 is 0 Å². The molecule has 2 aromatic rings. The summed E-state index contributed by atoms with van der Waals surface area (Å²) >= 11 is 0. The molecule has 2 N–H and O–H groups in total. The quantitative estimate of drug-likeness (QED) is 0.800. The average Bonchev–Trinajstić information content (AvgIpc) is 3.02. The Hall–Kier alpha value is -2.90. The van der Waals surface area contributed by atoms with Crippen molar-refractivity contribution in [2.24, 2.45) is 0 Å². The summed E-state index contributed by atoms with van der Waals surface area (Å²) in [4.78, 5) is 23.8. The molecule has 1 heterocycles. The van der Waals surface area contributed by atoms with Crippen molar-refractivity contribution in [3.8, 4) is 5.75 Å². The summed E-state index contributed by atoms with van der Waals surface area (Å²) in [6.07, 6.45) is 2.56. The number of aromatic nitrogens is 3. The van der Waals surface area contributed by atoms with Gasteiger partial charge in [-0.05, 0) is 26.8 Å². The van der Waals surface area contributed by atoms with Crippen molar-refractivity contribution in [1.82, 2.24) is 20.2 Å². The number of benzene rings is 1. The summed E-state index contributed by atoms with van der Waals surface area (Å²) in [5.41, 5.74) is 4.20. The third-order valence-corrected chi connectivity index (χ3v) is 3.13. The zero-order valence-corrected chi connectivity index (χ0v) is 13.2. The summed E-state index contributed by atoms with van der Waals surface area (Å²) < 4.78 is 6.77. The standard InChI is InChI=1S/C15H19N5O3/c1-4-23-13-6-5-10(2)7-12(13)11(3)18-14(21)15(22)19-20-8-16-17-9-20/h5-9,11H,4H2,1-3H3,(H,18,21)(H,19,22). The van der Waals surface area contributed by atoms with Crippen LogP contribution in [0.3, 0.4) is 0 Å². The van der Waals surface area contributed by atoms with Gasteiger partial charge >= 0.3 is 11.8 Å². The van der Waals surface area contributed by atoms with E-state index in [4.69, 9.17) is 4.74 Å². The maximum absolute atomic E-state index is 12.0. The molecule has 0 bridgehead atoms. The van der Waals surface area contributed by atoms with Crippen molar-refractivity contribution >= 4 is 11.8 Å². The first-order chi connectivity index (χ1) is 11.0. The lowest BCUT2D eigenvalue weighted by molar-refractivity contribution is -0.137. The van der Waals surface area contributed by atoms with E-state index in [9.17, 15) is 9.59 Å². The van der Waals surface area contributed by atoms with Gasteiger partial charge in [-0.1, -0.05) is 17.7 Å². The molecule has 2 amide bonds. The van der Waals surface area contributed by atoms with Gasteiger partial charge in [0, 0.05) is 5.56 Å². The molecule has 2 rings (SSSR count). The molecule has 1 aromatic carbocycles. The first kappa shape index (κ1) is 16.5. The smallest absolute Gasteiger partial charge is 0.328 e. The highest BCUT2D eigenvalue weighted by Gasteiger charge is 2.19. The van der Waals surface area contributed by atoms with Gasteiger partial charge in [0.2, 0.25) is 0 Å². The van der Waals surface area contributed by atoms with E-state index in [1.165, 1.54) is 17.3 Å². The summed E-state index contributed by atoms with van der Waals surface area (Å²) in [7, 11) is 0. The zero-order chi connectivity index (χ0) is 16.8. The summed E-state index contributed by atoms with van der Waals surface area (Å²) in [6, 6.07) is 5.33. The minimum Gasteiger partial charge on any atom is -0.494 e. The molecule has 0 aliphatic rings. The topological polar surface area (TPSA) is 98.1 Å². The molecule has 0 spiro atoms. The number of rotatable bonds is 5. The third-order valence-electron chi connectivity index (χ3n) is 3.13. The predicted molar refractivity (Wildman–Crippen MR) is 83.3 cm³/mol. The summed E-state index contributed by atoms with van der Waals surface area (Å²) in [6.45, 7) is 6.15. The van der Waals surface area contributed by atoms with Crippen LogP contribution in [0.4, 0.5) is 0 Å². The monoisotopic (exact) mass is 317 g/mol. The Morgan fingerprint density at radius 3 is 2.61 bits per heavy atom. The Morgan fingerprint density at radius 1 is 1.26 bits per heavy atom. The molecule has 8 heteroatoms. The second-order valence-corrected chi connectivity index (χ2v) is 4.98. The number of hydrogen-bond acceptors (Lipinski definition) is 5. The van der Waals surface area contributed by atoms with E-state index >= 15 is 0 Å². The lowest BCUT2D eigenvalue weighted by Crippen LogP contribution is -2.39. The summed E-state index contributed by atoms with van der Waals surface area (Å²) in [5, 5.41) is 9.72. The highest BCUT2D eigenvalue weighted by atomic mass is 16.5. The third kappa shape index (κ3) is 4.29. The molecule has 0 radical (unpaired) electrons. The Bertz CT molecular complexity index is 684. The highest BCUT2D eigenvalue weighted by molar-refractivity contribution is 6.38. The largest absolute Gasteiger partial charge is 0.494 e. The van der Waals surface area contributed by atoms with Gasteiger partial charge in [0.15, 0.2) is 0 Å². The molecule has 0 saturated carbocycles. The van der Waals surface area contributed by atoms with Crippen LogP contribution in [0, 0.1) is 6.92 Å². The summed E-state index contributed by atoms with van der Waals surface area (Å²) in [5.74, 6) is -0.873. The number of amides is 2. The minimum absolute atomic E-state index is 0.379. The van der Waals surface area contributed by atoms with E-state index in [1.54, 1.807) is 6.92 Å². The normalized spacial score (nSPS) is 11.6. The number of nitrogens with one attached hydrogen (secondary N) is 2. The van der Waals surface area contributed by atoms with Gasteiger partial charge in [0.25, 0.3) is 0 Å². The van der Waals surface area contributed by atoms with E-state index in [0.29, 0.717) is 12.4 Å². The Morgan fingerprint density at radius 2 is 1.96 bits per heavy atom. The lowest BCUT2D eigenvalue weighted by atomic mass is 10.0. The number of aryl methyl sites for hydroxylation is 1. The highest BCUT2D eigenvalue weighted by Crippen LogP contribution is 2.26. The maximum Gasteiger partial charge on any atom is 0.328 e. The molecule has 0 fully saturated rings. The van der Waals surface area contributed by atoms with Crippen molar-refractivity contribution in [3.05, 3.63) is 42.0 Å². The second-order valence-electron chi connectivity index (χ2n) is 4.98. The lowest BCUT2D eigenvalue weighted by Gasteiger charge is -2.18. The Kier molecular flexibility index (Phi) is 5.29. The van der Waals surface area contributed by atoms with Crippen LogP contribution in [0.5, 0.6) is 5.75 Å². The fourth-order valence-electron chi connectivity index (χ4n) is 2.06. The van der Waals surface area contributed by atoms with E-state index in [2.05, 4.69) is 20.9 Å². The van der Waals surface area contributed by atoms with Crippen LogP contribution in [0.15, 0.2) is 30.9 Å². The molecule has 0 aliphatic heterocycles. The molecular formula is C15H19N5O3. The van der Waals surface area contributed by atoms with Crippen LogP contribution in [-0.4, -0.2) is 33.3 Å². The SMILES string of the molecule is CCOc1ccc(C)cc1C(C)NC(=O)C(=O)Nn1cnnc1. The minimum atomic E-state index is -0.803. The fourth-order valence-corrected chi connectivity index (χ4v) is 2.06. The molecular weight excluding hydrogens is 298 g/mol. The van der Waals surface area contributed by atoms with Gasteiger partial charge in [-0.15, -0.1) is 10.2 Å². The number of carbonyl (C=O) groups excluding carboxylic acids is 2. The molecule has 0 aliphatic carbocycles. The molecule has 0 saturated heterocycles. The predicted octanol–water partition coefficient (Wildman–Crippen LogP) is 0.933. The van der Waals surface area contributed by atoms with Gasteiger partial charge in [0.05, 0.1) is 12.6 Å². The zero-order valence-electron chi connectivity index (χ0n) is 13.2. The maximum atomic E-state index is 12.0. The first-order valence-corrected chi connectivity index (χ1v) is 7.21. The van der Waals surface area contributed by atoms with Gasteiger partial charge in [-0.3, -0.25) is 15.0 Å². The number of carbonyl (C=O) groups is 2. The average molecular weight is 317 g/mol. The van der Waals surface area contributed by atoms with Crippen molar-refractivity contribution < 1.29 is 14.3 Å². The molecule has 23 heavy (non-hydrogen) atoms. The van der Waals surface area contributed by atoms with E-state index < -0.39 is 11.8 Å². The number of hydrogen-bond donors (Lipinski definition) is 2. The Balaban J connectivity index is 2.06. The fraction of sp³-hybridized carbons (Fsp3) is 0.333. The van der Waals surface area contributed by atoms with Crippen LogP contribution < -0.4 is 15.5 Å². The van der Waals surface area contributed by atoms with Gasteiger partial charge < -0.3 is 10.1 Å². The van der Waals surface area contributed by atoms with Crippen LogP contribution in [0.1, 0.15) is 31.0 Å². The first-order valence-electron chi connectivity index (χ1n) is 7.21. The number of ether oxygens (including phenoxy) is 1. The van der Waals surface area contributed by atoms with Crippen LogP contribution in [-0.2, 0) is 9.59 Å². The molecule has 8 nitrogen and oxygen atoms in total. The molecule has 122 valence electrons. The molecule has 1 atom stereocenters. The van der Waals surface area contributed by atoms with E-state index in [1.807, 2.05) is 32.0 Å². The van der Waals surface area contributed by atoms with Crippen molar-refractivity contribution in [2.75, 3.05) is 12.0 Å². The van der Waals surface area contributed by atoms with Gasteiger partial charge in [0.1, 0.15) is 18.4 Å². The van der Waals surface area contributed by atoms with Crippen LogP contribution in [0.2, 0.25) is 0 Å². The van der Waals surface area contributed by atoms with Crippen LogP contribution in [0.25, 0.3) is 0 Å². The molecule has 1 unspecified atom stereocenters. The number of nitrogens with zero attached hydrogens (tertiary/aromatic N) is 3.